The molecule has 6 heterocycles. The van der Waals surface area contributed by atoms with E-state index in [2.05, 4.69) is 34.6 Å². The molecule has 6 aromatic carbocycles. The van der Waals surface area contributed by atoms with Crippen molar-refractivity contribution in [1.82, 2.24) is 43.8 Å². The number of alkyl halides is 1. The second-order valence-electron chi connectivity index (χ2n) is 20.3. The van der Waals surface area contributed by atoms with Crippen LogP contribution in [0.1, 0.15) is 0 Å². The monoisotopic (exact) mass is 1340 g/mol. The summed E-state index contributed by atoms with van der Waals surface area (Å²) in [7, 11) is 4.77. The molecule has 0 spiro atoms. The van der Waals surface area contributed by atoms with Gasteiger partial charge in [0.2, 0.25) is 17.7 Å². The second kappa shape index (κ2) is 29.6. The van der Waals surface area contributed by atoms with Gasteiger partial charge in [0.05, 0.1) is 69.5 Å². The van der Waals surface area contributed by atoms with E-state index in [1.165, 1.54) is 9.13 Å². The van der Waals surface area contributed by atoms with Gasteiger partial charge in [0.25, 0.3) is 0 Å². The largest absolute Gasteiger partial charge is 0.495 e. The number of benzene rings is 6. The van der Waals surface area contributed by atoms with Crippen LogP contribution in [0.5, 0.6) is 17.2 Å². The summed E-state index contributed by atoms with van der Waals surface area (Å²) < 4.78 is 18.7. The Kier molecular flexibility index (Phi) is 21.8. The van der Waals surface area contributed by atoms with Gasteiger partial charge in [0, 0.05) is 129 Å². The maximum absolute atomic E-state index is 12.8. The summed E-state index contributed by atoms with van der Waals surface area (Å²) in [5, 5.41) is 3.40. The van der Waals surface area contributed by atoms with Crippen LogP contribution in [0.15, 0.2) is 124 Å². The van der Waals surface area contributed by atoms with Gasteiger partial charge >= 0.3 is 17.1 Å². The number of methoxy groups -OCH3 is 3. The van der Waals surface area contributed by atoms with Gasteiger partial charge in [-0.25, -0.2) is 14.4 Å². The highest BCUT2D eigenvalue weighted by Crippen LogP contribution is 2.33. The summed E-state index contributed by atoms with van der Waals surface area (Å²) in [6.07, 6.45) is 0. The Morgan fingerprint density at radius 3 is 1.19 bits per heavy atom. The Hall–Kier alpha value is -7.63. The molecule has 464 valence electrons. The molecule has 3 fully saturated rings. The number of ether oxygens (including phenoxy) is 3. The maximum atomic E-state index is 12.8. The highest BCUT2D eigenvalue weighted by Gasteiger charge is 2.26. The molecule has 3 aliphatic heterocycles. The SMILES string of the molecule is COc1cc(N2CCN(C(=O)CCl)CC2)ccc1Cl.COc1cc(N2CCN(C(=O)Cn3c(=O)[nH]c4cc(Cl)ccc43)CC2)ccc1Cl.COc1cc(N2CCN(C(=O)Cn3c(=O)[nH]c4ccc(Cl)cc43)CC2)ccc1Cl.O=c1[nH]c2ccc(Cl)cc2[nH]1. The number of imidazole rings is 3. The molecular weight excluding hydrogens is 1280 g/mol. The van der Waals surface area contributed by atoms with Gasteiger partial charge in [0.1, 0.15) is 36.2 Å². The molecule has 3 amide bonds. The van der Waals surface area contributed by atoms with Crippen molar-refractivity contribution in [2.24, 2.45) is 0 Å². The minimum atomic E-state index is -0.317. The van der Waals surface area contributed by atoms with Crippen molar-refractivity contribution < 1.29 is 28.6 Å². The Bertz CT molecular complexity index is 4140. The predicted octanol–water partition coefficient (Wildman–Crippen LogP) is 9.73. The lowest BCUT2D eigenvalue weighted by Crippen LogP contribution is -2.50. The minimum absolute atomic E-state index is 0.00463. The van der Waals surface area contributed by atoms with Crippen LogP contribution in [-0.4, -0.2) is 167 Å². The Morgan fingerprint density at radius 2 is 0.761 bits per heavy atom. The molecule has 3 saturated heterocycles. The van der Waals surface area contributed by atoms with E-state index in [-0.39, 0.29) is 53.8 Å². The summed E-state index contributed by atoms with van der Waals surface area (Å²) >= 11 is 41.5. The lowest BCUT2D eigenvalue weighted by atomic mass is 10.2. The lowest BCUT2D eigenvalue weighted by molar-refractivity contribution is -0.132. The number of nitrogens with one attached hydrogen (secondary N) is 4. The van der Waals surface area contributed by atoms with E-state index >= 15 is 0 Å². The fraction of sp³-hybridized carbons (Fsp3) is 0.300. The third-order valence-electron chi connectivity index (χ3n) is 15.0. The average molecular weight is 1340 g/mol. The smallest absolute Gasteiger partial charge is 0.326 e. The highest BCUT2D eigenvalue weighted by molar-refractivity contribution is 6.33. The molecule has 3 aromatic heterocycles. The van der Waals surface area contributed by atoms with Gasteiger partial charge in [-0.3, -0.25) is 23.5 Å². The molecule has 4 N–H and O–H groups in total. The first-order chi connectivity index (χ1) is 42.3. The van der Waals surface area contributed by atoms with Crippen molar-refractivity contribution in [3.05, 3.63) is 171 Å². The molecule has 0 bridgehead atoms. The summed E-state index contributed by atoms with van der Waals surface area (Å²) in [6, 6.07) is 32.5. The molecule has 0 unspecified atom stereocenters. The second-order valence-corrected chi connectivity index (χ2v) is 23.1. The van der Waals surface area contributed by atoms with Crippen molar-refractivity contribution >= 4 is 149 Å². The van der Waals surface area contributed by atoms with Crippen molar-refractivity contribution in [3.8, 4) is 17.2 Å². The van der Waals surface area contributed by atoms with Crippen LogP contribution >= 0.6 is 81.2 Å². The molecule has 88 heavy (non-hydrogen) atoms. The van der Waals surface area contributed by atoms with Crippen molar-refractivity contribution in [1.29, 1.82) is 0 Å². The molecular formula is C60H61Cl7N12O9. The Balaban J connectivity index is 0.000000147. The van der Waals surface area contributed by atoms with Crippen LogP contribution in [-0.2, 0) is 27.5 Å². The molecule has 0 radical (unpaired) electrons. The highest BCUT2D eigenvalue weighted by atomic mass is 35.5. The van der Waals surface area contributed by atoms with E-state index in [1.807, 2.05) is 54.6 Å². The number of piperazine rings is 3. The average Bonchev–Trinajstić information content (AvgIpc) is 3.13. The zero-order valence-electron chi connectivity index (χ0n) is 47.9. The number of carbonyl (C=O) groups excluding carboxylic acids is 3. The number of aromatic nitrogens is 6. The molecule has 0 aliphatic carbocycles. The number of amides is 3. The van der Waals surface area contributed by atoms with Gasteiger partial charge in [0.15, 0.2) is 0 Å². The molecule has 3 aliphatic rings. The van der Waals surface area contributed by atoms with Crippen LogP contribution in [0, 0.1) is 0 Å². The van der Waals surface area contributed by atoms with Crippen LogP contribution < -0.4 is 46.0 Å². The van der Waals surface area contributed by atoms with Crippen molar-refractivity contribution in [2.75, 3.05) is 120 Å². The number of hydrogen-bond donors (Lipinski definition) is 4. The summed E-state index contributed by atoms with van der Waals surface area (Å²) in [4.78, 5) is 95.0. The number of halogens is 7. The molecule has 21 nitrogen and oxygen atoms in total. The van der Waals surface area contributed by atoms with Crippen molar-refractivity contribution in [3.63, 3.8) is 0 Å². The number of rotatable bonds is 11. The van der Waals surface area contributed by atoms with E-state index < -0.39 is 0 Å². The number of aromatic amines is 4. The summed E-state index contributed by atoms with van der Waals surface area (Å²) in [6.45, 7) is 7.97. The van der Waals surface area contributed by atoms with Gasteiger partial charge < -0.3 is 63.5 Å². The van der Waals surface area contributed by atoms with Crippen LogP contribution in [0.25, 0.3) is 33.1 Å². The van der Waals surface area contributed by atoms with Gasteiger partial charge in [-0.05, 0) is 91.0 Å². The number of carbonyl (C=O) groups is 3. The van der Waals surface area contributed by atoms with E-state index in [0.717, 1.165) is 41.2 Å². The number of hydrogen-bond acceptors (Lipinski definition) is 12. The first kappa shape index (κ1) is 64.8. The van der Waals surface area contributed by atoms with E-state index in [1.54, 1.807) is 90.6 Å². The van der Waals surface area contributed by atoms with E-state index in [0.29, 0.717) is 135 Å². The lowest BCUT2D eigenvalue weighted by Gasteiger charge is -2.36. The number of fused-ring (bicyclic) bond motifs is 3. The molecule has 0 saturated carbocycles. The third kappa shape index (κ3) is 15.8. The molecule has 28 heteroatoms. The van der Waals surface area contributed by atoms with Crippen LogP contribution in [0.4, 0.5) is 17.1 Å². The molecule has 12 rings (SSSR count). The van der Waals surface area contributed by atoms with Gasteiger partial charge in [-0.2, -0.15) is 0 Å². The Morgan fingerprint density at radius 1 is 0.398 bits per heavy atom. The minimum Gasteiger partial charge on any atom is -0.495 e. The van der Waals surface area contributed by atoms with Crippen LogP contribution in [0.2, 0.25) is 30.1 Å². The van der Waals surface area contributed by atoms with Gasteiger partial charge in [-0.15, -0.1) is 11.6 Å². The van der Waals surface area contributed by atoms with Crippen molar-refractivity contribution in [2.45, 2.75) is 13.1 Å². The predicted molar refractivity (Wildman–Crippen MR) is 350 cm³/mol. The Labute approximate surface area is 539 Å². The molecule has 9 aromatic rings. The van der Waals surface area contributed by atoms with E-state index in [9.17, 15) is 28.8 Å². The normalized spacial score (nSPS) is 14.2. The first-order valence-corrected chi connectivity index (χ1v) is 30.4. The van der Waals surface area contributed by atoms with E-state index in [4.69, 9.17) is 95.4 Å². The summed E-state index contributed by atoms with van der Waals surface area (Å²) in [5.74, 6) is 1.78. The van der Waals surface area contributed by atoms with Crippen LogP contribution in [0.3, 0.4) is 0 Å². The van der Waals surface area contributed by atoms with Gasteiger partial charge in [-0.1, -0.05) is 69.6 Å². The number of nitrogens with zero attached hydrogens (tertiary/aromatic N) is 8. The fourth-order valence-corrected chi connectivity index (χ4v) is 11.6. The fourth-order valence-electron chi connectivity index (χ4n) is 10.3. The third-order valence-corrected chi connectivity index (χ3v) is 16.9. The standard InChI is InChI=1S/2C20H20Cl2N4O3.C13H16Cl2N2O2.C7H5ClN2O/c1-29-18-11-14(3-4-15(18)22)24-6-8-25(9-7-24)19(27)12-26-17-5-2-13(21)10-16(17)23-20(26)28;1-29-18-11-14(3-4-15(18)22)24-6-8-25(9-7-24)19(27)12-26-17-10-13(21)2-5-16(17)23-20(26)28;1-19-12-8-10(2-3-11(12)15)16-4-6-17(7-5-16)13(18)9-14;8-4-1-2-5-6(3-4)10-7(11)9-5/h2*2-5,10-11H,6-9,12H2,1H3,(H,23,28);2-3,8H,4-7,9H2,1H3;1-3H,(H2,9,10,11). The zero-order valence-corrected chi connectivity index (χ0v) is 53.2. The first-order valence-electron chi connectivity index (χ1n) is 27.6. The quantitative estimate of drug-likeness (QED) is 0.0889. The topological polar surface area (TPSA) is 223 Å². The summed E-state index contributed by atoms with van der Waals surface area (Å²) in [5.41, 5.74) is 6.31. The maximum Gasteiger partial charge on any atom is 0.326 e. The zero-order chi connectivity index (χ0) is 62.8. The molecule has 0 atom stereocenters. The number of anilines is 3. The number of H-pyrrole nitrogens is 4.